The van der Waals surface area contributed by atoms with Gasteiger partial charge in [-0.25, -0.2) is 0 Å². The zero-order valence-corrected chi connectivity index (χ0v) is 17.2. The molecule has 1 aromatic carbocycles. The zero-order valence-electron chi connectivity index (χ0n) is 16.4. The topological polar surface area (TPSA) is 91.8 Å². The Morgan fingerprint density at radius 2 is 1.90 bits per heavy atom. The van der Waals surface area contributed by atoms with Crippen LogP contribution in [0.25, 0.3) is 11.3 Å². The number of rotatable bonds is 5. The van der Waals surface area contributed by atoms with Crippen LogP contribution in [-0.2, 0) is 4.79 Å². The van der Waals surface area contributed by atoms with Crippen molar-refractivity contribution in [2.45, 2.75) is 6.92 Å². The first-order valence-corrected chi connectivity index (χ1v) is 9.97. The highest BCUT2D eigenvalue weighted by Gasteiger charge is 2.25. The SMILES string of the molecule is Cc1cc(NC(=O)CN2CCN(C(=O)c3ccc(-c4ccccc4Cl)o3)CC2)no1. The van der Waals surface area contributed by atoms with E-state index in [-0.39, 0.29) is 24.1 Å². The summed E-state index contributed by atoms with van der Waals surface area (Å²) in [6, 6.07) is 12.4. The largest absolute Gasteiger partial charge is 0.451 e. The summed E-state index contributed by atoms with van der Waals surface area (Å²) in [5, 5.41) is 7.02. The van der Waals surface area contributed by atoms with Crippen LogP contribution < -0.4 is 5.32 Å². The molecule has 3 aromatic rings. The number of anilines is 1. The fourth-order valence-corrected chi connectivity index (χ4v) is 3.56. The average molecular weight is 429 g/mol. The molecule has 2 amide bonds. The summed E-state index contributed by atoms with van der Waals surface area (Å²) >= 11 is 6.20. The van der Waals surface area contributed by atoms with E-state index in [1.165, 1.54) is 0 Å². The molecular formula is C21H21ClN4O4. The van der Waals surface area contributed by atoms with Gasteiger partial charge in [-0.2, -0.15) is 0 Å². The number of piperazine rings is 1. The molecule has 1 saturated heterocycles. The maximum Gasteiger partial charge on any atom is 0.289 e. The second kappa shape index (κ2) is 8.73. The first kappa shape index (κ1) is 20.2. The Morgan fingerprint density at radius 1 is 1.13 bits per heavy atom. The average Bonchev–Trinajstić information content (AvgIpc) is 3.37. The molecule has 3 heterocycles. The van der Waals surface area contributed by atoms with Gasteiger partial charge in [-0.1, -0.05) is 28.9 Å². The van der Waals surface area contributed by atoms with Crippen LogP contribution in [0, 0.1) is 6.92 Å². The van der Waals surface area contributed by atoms with Gasteiger partial charge < -0.3 is 19.2 Å². The zero-order chi connectivity index (χ0) is 21.1. The smallest absolute Gasteiger partial charge is 0.289 e. The molecule has 4 rings (SSSR count). The van der Waals surface area contributed by atoms with Gasteiger partial charge >= 0.3 is 0 Å². The molecule has 156 valence electrons. The first-order chi connectivity index (χ1) is 14.5. The van der Waals surface area contributed by atoms with Crippen molar-refractivity contribution in [1.29, 1.82) is 0 Å². The van der Waals surface area contributed by atoms with E-state index in [0.717, 1.165) is 5.56 Å². The number of aromatic nitrogens is 1. The van der Waals surface area contributed by atoms with Gasteiger partial charge in [-0.15, -0.1) is 0 Å². The molecule has 30 heavy (non-hydrogen) atoms. The van der Waals surface area contributed by atoms with Crippen molar-refractivity contribution in [3.8, 4) is 11.3 Å². The number of carbonyl (C=O) groups excluding carboxylic acids is 2. The Morgan fingerprint density at radius 3 is 2.60 bits per heavy atom. The van der Waals surface area contributed by atoms with Crippen LogP contribution in [0.1, 0.15) is 16.3 Å². The highest BCUT2D eigenvalue weighted by molar-refractivity contribution is 6.33. The van der Waals surface area contributed by atoms with E-state index < -0.39 is 0 Å². The van der Waals surface area contributed by atoms with Gasteiger partial charge in [0.15, 0.2) is 11.6 Å². The Balaban J connectivity index is 1.30. The van der Waals surface area contributed by atoms with E-state index in [4.69, 9.17) is 20.5 Å². The molecule has 0 unspecified atom stereocenters. The predicted octanol–water partition coefficient (Wildman–Crippen LogP) is 3.29. The Labute approximate surface area is 178 Å². The highest BCUT2D eigenvalue weighted by Crippen LogP contribution is 2.29. The highest BCUT2D eigenvalue weighted by atomic mass is 35.5. The summed E-state index contributed by atoms with van der Waals surface area (Å²) in [6.07, 6.45) is 0. The van der Waals surface area contributed by atoms with Crippen LogP contribution in [0.3, 0.4) is 0 Å². The van der Waals surface area contributed by atoms with Crippen LogP contribution in [0.4, 0.5) is 5.82 Å². The van der Waals surface area contributed by atoms with Crippen molar-refractivity contribution < 1.29 is 18.5 Å². The molecule has 0 spiro atoms. The second-order valence-corrected chi connectivity index (χ2v) is 7.49. The Kier molecular flexibility index (Phi) is 5.87. The lowest BCUT2D eigenvalue weighted by atomic mass is 10.2. The quantitative estimate of drug-likeness (QED) is 0.670. The van der Waals surface area contributed by atoms with Gasteiger partial charge in [-0.05, 0) is 31.2 Å². The Bertz CT molecular complexity index is 1050. The monoisotopic (exact) mass is 428 g/mol. The first-order valence-electron chi connectivity index (χ1n) is 9.59. The van der Waals surface area contributed by atoms with E-state index in [1.807, 2.05) is 23.1 Å². The summed E-state index contributed by atoms with van der Waals surface area (Å²) in [7, 11) is 0. The number of furan rings is 1. The maximum absolute atomic E-state index is 12.8. The summed E-state index contributed by atoms with van der Waals surface area (Å²) < 4.78 is 10.7. The number of nitrogens with zero attached hydrogens (tertiary/aromatic N) is 3. The maximum atomic E-state index is 12.8. The fourth-order valence-electron chi connectivity index (χ4n) is 3.33. The third kappa shape index (κ3) is 4.55. The fraction of sp³-hybridized carbons (Fsp3) is 0.286. The number of hydrogen-bond acceptors (Lipinski definition) is 6. The van der Waals surface area contributed by atoms with Gasteiger partial charge in [0.05, 0.1) is 11.6 Å². The molecule has 0 radical (unpaired) electrons. The molecule has 1 aliphatic rings. The molecule has 0 bridgehead atoms. The van der Waals surface area contributed by atoms with E-state index in [0.29, 0.717) is 48.5 Å². The van der Waals surface area contributed by atoms with Crippen molar-refractivity contribution in [2.24, 2.45) is 0 Å². The number of benzene rings is 1. The molecule has 1 aliphatic heterocycles. The lowest BCUT2D eigenvalue weighted by molar-refractivity contribution is -0.117. The number of nitrogens with one attached hydrogen (secondary N) is 1. The molecular weight excluding hydrogens is 408 g/mol. The normalized spacial score (nSPS) is 14.7. The molecule has 0 aliphatic carbocycles. The van der Waals surface area contributed by atoms with Crippen LogP contribution in [0.5, 0.6) is 0 Å². The summed E-state index contributed by atoms with van der Waals surface area (Å²) in [6.45, 7) is 4.19. The van der Waals surface area contributed by atoms with Gasteiger partial charge in [0.1, 0.15) is 11.5 Å². The van der Waals surface area contributed by atoms with Crippen molar-refractivity contribution in [2.75, 3.05) is 38.0 Å². The second-order valence-electron chi connectivity index (χ2n) is 7.08. The Hall–Kier alpha value is -3.10. The lowest BCUT2D eigenvalue weighted by Gasteiger charge is -2.33. The number of amides is 2. The van der Waals surface area contributed by atoms with Gasteiger partial charge in [0.25, 0.3) is 5.91 Å². The number of halogens is 1. The minimum absolute atomic E-state index is 0.168. The van der Waals surface area contributed by atoms with Crippen molar-refractivity contribution >= 4 is 29.2 Å². The molecule has 2 aromatic heterocycles. The summed E-state index contributed by atoms with van der Waals surface area (Å²) in [5.74, 6) is 1.53. The summed E-state index contributed by atoms with van der Waals surface area (Å²) in [5.41, 5.74) is 0.747. The summed E-state index contributed by atoms with van der Waals surface area (Å²) in [4.78, 5) is 28.7. The van der Waals surface area contributed by atoms with Crippen LogP contribution in [0.15, 0.2) is 51.4 Å². The van der Waals surface area contributed by atoms with Crippen LogP contribution in [0.2, 0.25) is 5.02 Å². The van der Waals surface area contributed by atoms with Crippen molar-refractivity contribution in [1.82, 2.24) is 15.0 Å². The minimum Gasteiger partial charge on any atom is -0.451 e. The van der Waals surface area contributed by atoms with Crippen molar-refractivity contribution in [3.63, 3.8) is 0 Å². The molecule has 8 nitrogen and oxygen atoms in total. The molecule has 1 N–H and O–H groups in total. The van der Waals surface area contributed by atoms with Gasteiger partial charge in [-0.3, -0.25) is 14.5 Å². The van der Waals surface area contributed by atoms with Crippen molar-refractivity contribution in [3.05, 3.63) is 59.0 Å². The predicted molar refractivity (Wildman–Crippen MR) is 111 cm³/mol. The lowest BCUT2D eigenvalue weighted by Crippen LogP contribution is -2.50. The molecule has 0 saturated carbocycles. The van der Waals surface area contributed by atoms with E-state index in [2.05, 4.69) is 10.5 Å². The molecule has 9 heteroatoms. The number of aryl methyl sites for hydroxylation is 1. The van der Waals surface area contributed by atoms with Gasteiger partial charge in [0, 0.05) is 37.8 Å². The van der Waals surface area contributed by atoms with Crippen LogP contribution in [-0.4, -0.2) is 59.5 Å². The third-order valence-corrected chi connectivity index (χ3v) is 5.21. The van der Waals surface area contributed by atoms with E-state index >= 15 is 0 Å². The molecule has 0 atom stereocenters. The van der Waals surface area contributed by atoms with Crippen LogP contribution >= 0.6 is 11.6 Å². The standard InChI is InChI=1S/C21H21ClN4O4/c1-14-12-19(24-30-14)23-20(27)13-25-8-10-26(11-9-25)21(28)18-7-6-17(29-18)15-4-2-3-5-16(15)22/h2-7,12H,8-11,13H2,1H3,(H,23,24,27). The van der Waals surface area contributed by atoms with Gasteiger partial charge in [0.2, 0.25) is 5.91 Å². The number of carbonyl (C=O) groups is 2. The third-order valence-electron chi connectivity index (χ3n) is 4.88. The minimum atomic E-state index is -0.171. The molecule has 1 fully saturated rings. The number of hydrogen-bond donors (Lipinski definition) is 1. The van der Waals surface area contributed by atoms with E-state index in [9.17, 15) is 9.59 Å². The van der Waals surface area contributed by atoms with E-state index in [1.54, 1.807) is 36.1 Å².